The van der Waals surface area contributed by atoms with Crippen LogP contribution in [0.15, 0.2) is 24.3 Å². The molecule has 1 aliphatic heterocycles. The number of hydrogen-bond acceptors (Lipinski definition) is 4. The fraction of sp³-hybridized carbons (Fsp3) is 0.500. The minimum Gasteiger partial charge on any atom is -0.355 e. The first-order chi connectivity index (χ1) is 13.1. The van der Waals surface area contributed by atoms with Gasteiger partial charge in [-0.1, -0.05) is 42.6 Å². The van der Waals surface area contributed by atoms with E-state index in [-0.39, 0.29) is 18.4 Å². The maximum Gasteiger partial charge on any atom is 0.263 e. The van der Waals surface area contributed by atoms with Gasteiger partial charge in [-0.15, -0.1) is 11.3 Å². The molecule has 146 valence electrons. The minimum atomic E-state index is -0.305. The Morgan fingerprint density at radius 2 is 1.81 bits per heavy atom. The number of likely N-dealkylation sites (tertiary alicyclic amines) is 1. The standard InChI is InChI=1S/C20H26ClN3O2S/c21-18-15-8-3-4-9-16(15)27-19(18)20(26)23-14-17(25)22-10-7-13-24-11-5-1-2-6-12-24/h3-4,8-9H,1-2,5-7,10-14H2,(H,22,25)(H,23,26). The van der Waals surface area contributed by atoms with Crippen molar-refractivity contribution < 1.29 is 9.59 Å². The van der Waals surface area contributed by atoms with Gasteiger partial charge in [0.05, 0.1) is 11.6 Å². The van der Waals surface area contributed by atoms with Crippen molar-refractivity contribution in [2.75, 3.05) is 32.7 Å². The van der Waals surface area contributed by atoms with Gasteiger partial charge in [-0.3, -0.25) is 9.59 Å². The van der Waals surface area contributed by atoms with Crippen LogP contribution in [0.5, 0.6) is 0 Å². The summed E-state index contributed by atoms with van der Waals surface area (Å²) >= 11 is 7.64. The molecule has 1 saturated heterocycles. The molecule has 1 aromatic carbocycles. The number of nitrogens with zero attached hydrogens (tertiary/aromatic N) is 1. The third kappa shape index (κ3) is 5.67. The minimum absolute atomic E-state index is 0.0346. The summed E-state index contributed by atoms with van der Waals surface area (Å²) in [4.78, 5) is 27.2. The molecule has 0 atom stereocenters. The van der Waals surface area contributed by atoms with E-state index >= 15 is 0 Å². The highest BCUT2D eigenvalue weighted by atomic mass is 35.5. The lowest BCUT2D eigenvalue weighted by atomic mass is 10.2. The summed E-state index contributed by atoms with van der Waals surface area (Å²) in [6, 6.07) is 7.62. The normalized spacial score (nSPS) is 15.4. The molecule has 0 unspecified atom stereocenters. The SMILES string of the molecule is O=C(CNC(=O)c1sc2ccccc2c1Cl)NCCCN1CCCCCC1. The lowest BCUT2D eigenvalue weighted by Gasteiger charge is -2.19. The van der Waals surface area contributed by atoms with Gasteiger partial charge in [0.2, 0.25) is 5.91 Å². The highest BCUT2D eigenvalue weighted by Gasteiger charge is 2.17. The van der Waals surface area contributed by atoms with E-state index in [2.05, 4.69) is 15.5 Å². The average Bonchev–Trinajstić information content (AvgIpc) is 2.85. The lowest BCUT2D eigenvalue weighted by Crippen LogP contribution is -2.38. The highest BCUT2D eigenvalue weighted by molar-refractivity contribution is 7.21. The van der Waals surface area contributed by atoms with E-state index in [0.717, 1.165) is 23.1 Å². The maximum atomic E-state index is 12.3. The Balaban J connectivity index is 1.38. The van der Waals surface area contributed by atoms with Gasteiger partial charge in [0.1, 0.15) is 4.88 Å². The fourth-order valence-electron chi connectivity index (χ4n) is 3.35. The van der Waals surface area contributed by atoms with Crippen LogP contribution in [-0.4, -0.2) is 49.4 Å². The molecular formula is C20H26ClN3O2S. The fourth-order valence-corrected chi connectivity index (χ4v) is 4.79. The maximum absolute atomic E-state index is 12.3. The zero-order chi connectivity index (χ0) is 19.1. The second kappa shape index (κ2) is 10.1. The average molecular weight is 408 g/mol. The van der Waals surface area contributed by atoms with Crippen molar-refractivity contribution in [2.45, 2.75) is 32.1 Å². The third-order valence-electron chi connectivity index (χ3n) is 4.82. The predicted octanol–water partition coefficient (Wildman–Crippen LogP) is 3.67. The van der Waals surface area contributed by atoms with Crippen molar-refractivity contribution in [3.05, 3.63) is 34.2 Å². The molecule has 2 amide bonds. The number of fused-ring (bicyclic) bond motifs is 1. The van der Waals surface area contributed by atoms with E-state index in [9.17, 15) is 9.59 Å². The first kappa shape index (κ1) is 20.1. The Kier molecular flexibility index (Phi) is 7.50. The monoisotopic (exact) mass is 407 g/mol. The van der Waals surface area contributed by atoms with Crippen LogP contribution in [0.2, 0.25) is 5.02 Å². The zero-order valence-electron chi connectivity index (χ0n) is 15.4. The summed E-state index contributed by atoms with van der Waals surface area (Å²) in [7, 11) is 0. The van der Waals surface area contributed by atoms with Crippen molar-refractivity contribution in [2.24, 2.45) is 0 Å². The molecule has 0 saturated carbocycles. The van der Waals surface area contributed by atoms with E-state index < -0.39 is 0 Å². The number of amides is 2. The van der Waals surface area contributed by atoms with Gasteiger partial charge in [0, 0.05) is 16.6 Å². The summed E-state index contributed by atoms with van der Waals surface area (Å²) in [6.07, 6.45) is 6.15. The molecule has 3 rings (SSSR count). The number of carbonyl (C=O) groups excluding carboxylic acids is 2. The predicted molar refractivity (Wildman–Crippen MR) is 112 cm³/mol. The summed E-state index contributed by atoms with van der Waals surface area (Å²) in [5.41, 5.74) is 0. The summed E-state index contributed by atoms with van der Waals surface area (Å²) in [5, 5.41) is 6.86. The number of thiophene rings is 1. The second-order valence-electron chi connectivity index (χ2n) is 6.88. The van der Waals surface area contributed by atoms with Crippen molar-refractivity contribution in [3.8, 4) is 0 Å². The van der Waals surface area contributed by atoms with Gasteiger partial charge >= 0.3 is 0 Å². The van der Waals surface area contributed by atoms with Crippen LogP contribution in [-0.2, 0) is 4.79 Å². The molecule has 5 nitrogen and oxygen atoms in total. The summed E-state index contributed by atoms with van der Waals surface area (Å²) < 4.78 is 0.964. The van der Waals surface area contributed by atoms with Crippen LogP contribution < -0.4 is 10.6 Å². The van der Waals surface area contributed by atoms with Crippen molar-refractivity contribution >= 4 is 44.8 Å². The largest absolute Gasteiger partial charge is 0.355 e. The molecule has 0 spiro atoms. The second-order valence-corrected chi connectivity index (χ2v) is 8.31. The Morgan fingerprint density at radius 3 is 2.56 bits per heavy atom. The van der Waals surface area contributed by atoms with E-state index in [1.165, 1.54) is 50.1 Å². The van der Waals surface area contributed by atoms with Gasteiger partial charge in [-0.25, -0.2) is 0 Å². The van der Waals surface area contributed by atoms with Gasteiger partial charge in [-0.2, -0.15) is 0 Å². The van der Waals surface area contributed by atoms with Crippen LogP contribution in [0.3, 0.4) is 0 Å². The Hall–Kier alpha value is -1.63. The van der Waals surface area contributed by atoms with Crippen LogP contribution in [0.1, 0.15) is 41.8 Å². The molecule has 0 radical (unpaired) electrons. The number of nitrogens with one attached hydrogen (secondary N) is 2. The van der Waals surface area contributed by atoms with Crippen LogP contribution >= 0.6 is 22.9 Å². The van der Waals surface area contributed by atoms with Crippen LogP contribution in [0.4, 0.5) is 0 Å². The van der Waals surface area contributed by atoms with Gasteiger partial charge in [0.15, 0.2) is 0 Å². The number of carbonyl (C=O) groups is 2. The molecule has 0 aliphatic carbocycles. The quantitative estimate of drug-likeness (QED) is 0.688. The highest BCUT2D eigenvalue weighted by Crippen LogP contribution is 2.34. The van der Waals surface area contributed by atoms with E-state index in [0.29, 0.717) is 16.4 Å². The van der Waals surface area contributed by atoms with E-state index in [1.807, 2.05) is 24.3 Å². The molecule has 1 aromatic heterocycles. The molecule has 1 fully saturated rings. The van der Waals surface area contributed by atoms with Crippen LogP contribution in [0, 0.1) is 0 Å². The van der Waals surface area contributed by atoms with Gasteiger partial charge in [-0.05, 0) is 45.0 Å². The first-order valence-electron chi connectivity index (χ1n) is 9.59. The number of halogens is 1. The summed E-state index contributed by atoms with van der Waals surface area (Å²) in [5.74, 6) is -0.475. The topological polar surface area (TPSA) is 61.4 Å². The van der Waals surface area contributed by atoms with Crippen LogP contribution in [0.25, 0.3) is 10.1 Å². The molecule has 1 aliphatic rings. The molecule has 7 heteroatoms. The third-order valence-corrected chi connectivity index (χ3v) is 6.50. The molecular weight excluding hydrogens is 382 g/mol. The molecule has 2 heterocycles. The van der Waals surface area contributed by atoms with Crippen molar-refractivity contribution in [1.29, 1.82) is 0 Å². The Labute approximate surface area is 169 Å². The lowest BCUT2D eigenvalue weighted by molar-refractivity contribution is -0.120. The van der Waals surface area contributed by atoms with E-state index in [4.69, 9.17) is 11.6 Å². The molecule has 2 N–H and O–H groups in total. The van der Waals surface area contributed by atoms with Crippen molar-refractivity contribution in [1.82, 2.24) is 15.5 Å². The molecule has 2 aromatic rings. The first-order valence-corrected chi connectivity index (χ1v) is 10.8. The van der Waals surface area contributed by atoms with E-state index in [1.54, 1.807) is 0 Å². The van der Waals surface area contributed by atoms with Gasteiger partial charge < -0.3 is 15.5 Å². The molecule has 0 bridgehead atoms. The number of hydrogen-bond donors (Lipinski definition) is 2. The Bertz CT molecular complexity index is 785. The summed E-state index contributed by atoms with van der Waals surface area (Å²) in [6.45, 7) is 3.95. The smallest absolute Gasteiger partial charge is 0.263 e. The van der Waals surface area contributed by atoms with Gasteiger partial charge in [0.25, 0.3) is 5.91 Å². The number of rotatable bonds is 7. The Morgan fingerprint density at radius 1 is 1.07 bits per heavy atom. The number of benzene rings is 1. The zero-order valence-corrected chi connectivity index (χ0v) is 17.0. The molecule has 27 heavy (non-hydrogen) atoms. The van der Waals surface area contributed by atoms with Crippen molar-refractivity contribution in [3.63, 3.8) is 0 Å².